The average Bonchev–Trinajstić information content (AvgIpc) is 2.59. The molecule has 2 heterocycles. The minimum Gasteiger partial charge on any atom is -0.393 e. The second-order valence-electron chi connectivity index (χ2n) is 5.95. The fourth-order valence-corrected chi connectivity index (χ4v) is 3.25. The highest BCUT2D eigenvalue weighted by molar-refractivity contribution is 9.10. The summed E-state index contributed by atoms with van der Waals surface area (Å²) in [5.74, 6) is 1.29. The Hall–Kier alpha value is -1.86. The summed E-state index contributed by atoms with van der Waals surface area (Å²) in [4.78, 5) is 11.0. The highest BCUT2D eigenvalue weighted by Gasteiger charge is 2.11. The Morgan fingerprint density at radius 1 is 1.12 bits per heavy atom. The van der Waals surface area contributed by atoms with Gasteiger partial charge in [-0.3, -0.25) is 0 Å². The van der Waals surface area contributed by atoms with Crippen LogP contribution in [0.15, 0.2) is 35.1 Å². The third kappa shape index (κ3) is 4.58. The van der Waals surface area contributed by atoms with E-state index in [0.717, 1.165) is 23.2 Å². The van der Waals surface area contributed by atoms with E-state index in [9.17, 15) is 0 Å². The van der Waals surface area contributed by atoms with Crippen LogP contribution >= 0.6 is 15.9 Å². The maximum Gasteiger partial charge on any atom is 0.159 e. The second-order valence-corrected chi connectivity index (χ2v) is 6.86. The molecule has 3 rings (SSSR count). The number of aromatic nitrogens is 2. The van der Waals surface area contributed by atoms with E-state index in [4.69, 9.17) is 5.73 Å². The van der Waals surface area contributed by atoms with E-state index in [1.165, 1.54) is 38.7 Å². The summed E-state index contributed by atoms with van der Waals surface area (Å²) < 4.78 is 1.00. The lowest BCUT2D eigenvalue weighted by Crippen LogP contribution is -2.33. The minimum atomic E-state index is 0.538. The normalized spacial score (nSPS) is 15.2. The van der Waals surface area contributed by atoms with Gasteiger partial charge in [-0.1, -0.05) is 28.4 Å². The number of halogens is 1. The summed E-state index contributed by atoms with van der Waals surface area (Å²) in [6.45, 7) is 4.22. The van der Waals surface area contributed by atoms with Crippen LogP contribution in [0.25, 0.3) is 0 Å². The summed E-state index contributed by atoms with van der Waals surface area (Å²) >= 11 is 3.46. The van der Waals surface area contributed by atoms with Gasteiger partial charge in [0.05, 0.1) is 0 Å². The Morgan fingerprint density at radius 2 is 1.92 bits per heavy atom. The van der Waals surface area contributed by atoms with Crippen molar-refractivity contribution in [3.05, 3.63) is 35.1 Å². The molecule has 1 aliphatic heterocycles. The van der Waals surface area contributed by atoms with Crippen molar-refractivity contribution in [2.45, 2.75) is 19.3 Å². The molecule has 1 aromatic carbocycles. The number of rotatable bonds is 6. The molecule has 4 N–H and O–H groups in total. The van der Waals surface area contributed by atoms with Gasteiger partial charge >= 0.3 is 0 Å². The molecule has 2 aromatic rings. The van der Waals surface area contributed by atoms with Crippen molar-refractivity contribution >= 4 is 38.9 Å². The van der Waals surface area contributed by atoms with Gasteiger partial charge < -0.3 is 21.3 Å². The van der Waals surface area contributed by atoms with E-state index < -0.39 is 0 Å². The Kier molecular flexibility index (Phi) is 5.87. The van der Waals surface area contributed by atoms with Gasteiger partial charge in [-0.25, -0.2) is 9.97 Å². The van der Waals surface area contributed by atoms with Gasteiger partial charge in [-0.15, -0.1) is 0 Å². The molecule has 0 saturated carbocycles. The molecular formula is C17H23BrN6. The molecule has 7 heteroatoms. The zero-order chi connectivity index (χ0) is 16.8. The summed E-state index contributed by atoms with van der Waals surface area (Å²) in [7, 11) is 0. The van der Waals surface area contributed by atoms with E-state index in [1.54, 1.807) is 0 Å². The first kappa shape index (κ1) is 17.0. The fraction of sp³-hybridized carbons (Fsp3) is 0.412. The van der Waals surface area contributed by atoms with Crippen molar-refractivity contribution in [2.24, 2.45) is 0 Å². The van der Waals surface area contributed by atoms with E-state index in [1.807, 2.05) is 24.3 Å². The lowest BCUT2D eigenvalue weighted by molar-refractivity contribution is 0.237. The summed E-state index contributed by atoms with van der Waals surface area (Å²) in [5.41, 5.74) is 7.68. The molecule has 6 nitrogen and oxygen atoms in total. The Bertz CT molecular complexity index is 672. The number of benzene rings is 1. The lowest BCUT2D eigenvalue weighted by Gasteiger charge is -2.26. The smallest absolute Gasteiger partial charge is 0.159 e. The summed E-state index contributed by atoms with van der Waals surface area (Å²) in [6.07, 6.45) is 5.49. The number of hydrogen-bond acceptors (Lipinski definition) is 6. The van der Waals surface area contributed by atoms with Crippen LogP contribution in [0.4, 0.5) is 23.0 Å². The molecule has 0 spiro atoms. The van der Waals surface area contributed by atoms with Crippen LogP contribution in [0, 0.1) is 0 Å². The fourth-order valence-electron chi connectivity index (χ4n) is 2.85. The van der Waals surface area contributed by atoms with Crippen LogP contribution in [-0.2, 0) is 0 Å². The number of piperidine rings is 1. The number of nitrogens with zero attached hydrogens (tertiary/aromatic N) is 3. The van der Waals surface area contributed by atoms with Crippen molar-refractivity contribution in [1.82, 2.24) is 14.9 Å². The average molecular weight is 391 g/mol. The number of anilines is 4. The zero-order valence-corrected chi connectivity index (χ0v) is 15.2. The van der Waals surface area contributed by atoms with Gasteiger partial charge in [0.15, 0.2) is 11.6 Å². The highest BCUT2D eigenvalue weighted by atomic mass is 79.9. The van der Waals surface area contributed by atoms with E-state index in [2.05, 4.69) is 41.4 Å². The number of nitrogens with one attached hydrogen (secondary N) is 2. The van der Waals surface area contributed by atoms with Crippen molar-refractivity contribution in [3.63, 3.8) is 0 Å². The number of hydrogen-bond donors (Lipinski definition) is 3. The Balaban J connectivity index is 1.60. The van der Waals surface area contributed by atoms with Crippen LogP contribution in [0.5, 0.6) is 0 Å². The lowest BCUT2D eigenvalue weighted by atomic mass is 10.1. The second kappa shape index (κ2) is 8.30. The Labute approximate surface area is 151 Å². The molecule has 0 unspecified atom stereocenters. The quantitative estimate of drug-likeness (QED) is 0.700. The molecule has 24 heavy (non-hydrogen) atoms. The molecule has 0 atom stereocenters. The number of nitrogen functional groups attached to an aromatic ring is 1. The first-order valence-corrected chi connectivity index (χ1v) is 9.11. The first-order valence-electron chi connectivity index (χ1n) is 8.31. The molecule has 128 valence electrons. The van der Waals surface area contributed by atoms with Crippen molar-refractivity contribution < 1.29 is 0 Å². The maximum absolute atomic E-state index is 6.21. The van der Waals surface area contributed by atoms with Crippen LogP contribution in [0.2, 0.25) is 0 Å². The molecule has 0 radical (unpaired) electrons. The maximum atomic E-state index is 6.21. The molecule has 1 aliphatic rings. The molecular weight excluding hydrogens is 368 g/mol. The number of likely N-dealkylation sites (tertiary alicyclic amines) is 1. The topological polar surface area (TPSA) is 79.1 Å². The van der Waals surface area contributed by atoms with Crippen LogP contribution in [0.1, 0.15) is 19.3 Å². The monoisotopic (exact) mass is 390 g/mol. The minimum absolute atomic E-state index is 0.538. The van der Waals surface area contributed by atoms with Gasteiger partial charge in [0.25, 0.3) is 0 Å². The van der Waals surface area contributed by atoms with Crippen LogP contribution in [-0.4, -0.2) is 41.0 Å². The molecule has 0 bridgehead atoms. The third-order valence-corrected chi connectivity index (χ3v) is 4.63. The van der Waals surface area contributed by atoms with Crippen molar-refractivity contribution in [1.29, 1.82) is 0 Å². The predicted octanol–water partition coefficient (Wildman–Crippen LogP) is 3.46. The molecule has 0 amide bonds. The number of nitrogens with two attached hydrogens (primary N) is 1. The Morgan fingerprint density at radius 3 is 2.71 bits per heavy atom. The molecule has 0 aliphatic carbocycles. The van der Waals surface area contributed by atoms with Crippen molar-refractivity contribution in [3.8, 4) is 0 Å². The summed E-state index contributed by atoms with van der Waals surface area (Å²) in [6, 6.07) is 7.88. The van der Waals surface area contributed by atoms with Gasteiger partial charge in [-0.05, 0) is 44.1 Å². The predicted molar refractivity (Wildman–Crippen MR) is 103 cm³/mol. The molecule has 1 saturated heterocycles. The van der Waals surface area contributed by atoms with Crippen LogP contribution in [0.3, 0.4) is 0 Å². The standard InChI is InChI=1S/C17H23BrN6/c18-13-5-4-6-14(11-13)23-17-15(19)16(21-12-22-17)20-7-10-24-8-2-1-3-9-24/h4-6,11-12H,1-3,7-10,19H2,(H2,20,21,22,23). The zero-order valence-electron chi connectivity index (χ0n) is 13.6. The van der Waals surface area contributed by atoms with E-state index in [-0.39, 0.29) is 0 Å². The van der Waals surface area contributed by atoms with E-state index in [0.29, 0.717) is 17.3 Å². The first-order chi connectivity index (χ1) is 11.7. The highest BCUT2D eigenvalue weighted by Crippen LogP contribution is 2.26. The van der Waals surface area contributed by atoms with Gasteiger partial charge in [0.1, 0.15) is 12.0 Å². The summed E-state index contributed by atoms with van der Waals surface area (Å²) in [5, 5.41) is 6.57. The molecule has 1 aromatic heterocycles. The van der Waals surface area contributed by atoms with Crippen LogP contribution < -0.4 is 16.4 Å². The SMILES string of the molecule is Nc1c(NCCN2CCCCC2)ncnc1Nc1cccc(Br)c1. The van der Waals surface area contributed by atoms with Gasteiger partial charge in [0, 0.05) is 23.2 Å². The third-order valence-electron chi connectivity index (χ3n) is 4.14. The largest absolute Gasteiger partial charge is 0.393 e. The van der Waals surface area contributed by atoms with Gasteiger partial charge in [-0.2, -0.15) is 0 Å². The van der Waals surface area contributed by atoms with Crippen molar-refractivity contribution in [2.75, 3.05) is 42.5 Å². The van der Waals surface area contributed by atoms with E-state index >= 15 is 0 Å². The molecule has 1 fully saturated rings. The van der Waals surface area contributed by atoms with Gasteiger partial charge in [0.2, 0.25) is 0 Å².